The van der Waals surface area contributed by atoms with E-state index >= 15 is 0 Å². The number of halogens is 2. The van der Waals surface area contributed by atoms with Gasteiger partial charge in [0.15, 0.2) is 0 Å². The molecule has 0 aliphatic carbocycles. The van der Waals surface area contributed by atoms with E-state index in [9.17, 15) is 9.18 Å². The Morgan fingerprint density at radius 3 is 2.55 bits per heavy atom. The van der Waals surface area contributed by atoms with Gasteiger partial charge in [-0.1, -0.05) is 22.0 Å². The molecule has 2 aromatic carbocycles. The molecular formula is C15H14BrFN2O. The second-order valence-electron chi connectivity index (χ2n) is 4.24. The summed E-state index contributed by atoms with van der Waals surface area (Å²) in [5.74, 6) is -0.432. The molecule has 2 N–H and O–H groups in total. The Morgan fingerprint density at radius 1 is 1.10 bits per heavy atom. The highest BCUT2D eigenvalue weighted by Gasteiger charge is 2.02. The van der Waals surface area contributed by atoms with E-state index in [1.54, 1.807) is 0 Å². The molecular weight excluding hydrogens is 323 g/mol. The maximum absolute atomic E-state index is 12.7. The van der Waals surface area contributed by atoms with Crippen LogP contribution in [-0.2, 0) is 4.79 Å². The van der Waals surface area contributed by atoms with Crippen molar-refractivity contribution in [2.24, 2.45) is 0 Å². The predicted molar refractivity (Wildman–Crippen MR) is 82.3 cm³/mol. The fourth-order valence-electron chi connectivity index (χ4n) is 1.68. The minimum absolute atomic E-state index is 0.112. The summed E-state index contributed by atoms with van der Waals surface area (Å²) in [4.78, 5) is 11.7. The van der Waals surface area contributed by atoms with Gasteiger partial charge in [0.1, 0.15) is 5.82 Å². The highest BCUT2D eigenvalue weighted by Crippen LogP contribution is 2.15. The van der Waals surface area contributed by atoms with Gasteiger partial charge < -0.3 is 10.6 Å². The Balaban J connectivity index is 1.76. The van der Waals surface area contributed by atoms with E-state index in [0.717, 1.165) is 10.2 Å². The molecule has 5 heteroatoms. The quantitative estimate of drug-likeness (QED) is 0.865. The molecule has 0 heterocycles. The van der Waals surface area contributed by atoms with E-state index in [1.165, 1.54) is 24.3 Å². The Labute approximate surface area is 125 Å². The van der Waals surface area contributed by atoms with Crippen molar-refractivity contribution >= 4 is 33.2 Å². The minimum Gasteiger partial charge on any atom is -0.384 e. The third kappa shape index (κ3) is 4.66. The van der Waals surface area contributed by atoms with Gasteiger partial charge in [0.25, 0.3) is 0 Å². The summed E-state index contributed by atoms with van der Waals surface area (Å²) in [6, 6.07) is 13.4. The van der Waals surface area contributed by atoms with Crippen LogP contribution in [0.3, 0.4) is 0 Å². The molecule has 0 unspecified atom stereocenters. The summed E-state index contributed by atoms with van der Waals surface area (Å²) in [7, 11) is 0. The van der Waals surface area contributed by atoms with Crippen molar-refractivity contribution in [3.05, 3.63) is 58.8 Å². The molecule has 0 aromatic heterocycles. The second-order valence-corrected chi connectivity index (χ2v) is 5.16. The Bertz CT molecular complexity index is 587. The smallest absolute Gasteiger partial charge is 0.226 e. The molecule has 2 rings (SSSR count). The lowest BCUT2D eigenvalue weighted by molar-refractivity contribution is -0.115. The standard InChI is InChI=1S/C15H14BrFN2O/c16-11-2-1-3-14(10-11)18-9-8-15(20)19-13-6-4-12(17)5-7-13/h1-7,10,18H,8-9H2,(H,19,20). The number of anilines is 2. The van der Waals surface area contributed by atoms with Crippen molar-refractivity contribution in [3.8, 4) is 0 Å². The van der Waals surface area contributed by atoms with E-state index in [2.05, 4.69) is 26.6 Å². The number of carbonyl (C=O) groups is 1. The average molecular weight is 337 g/mol. The summed E-state index contributed by atoms with van der Waals surface area (Å²) in [6.07, 6.45) is 0.337. The number of nitrogens with one attached hydrogen (secondary N) is 2. The van der Waals surface area contributed by atoms with E-state index in [-0.39, 0.29) is 11.7 Å². The number of amides is 1. The number of hydrogen-bond acceptors (Lipinski definition) is 2. The van der Waals surface area contributed by atoms with Crippen molar-refractivity contribution < 1.29 is 9.18 Å². The Hall–Kier alpha value is -1.88. The first-order valence-corrected chi connectivity index (χ1v) is 6.97. The van der Waals surface area contributed by atoms with Crippen LogP contribution in [0.25, 0.3) is 0 Å². The van der Waals surface area contributed by atoms with E-state index in [1.807, 2.05) is 24.3 Å². The molecule has 0 spiro atoms. The first-order valence-electron chi connectivity index (χ1n) is 6.18. The molecule has 0 atom stereocenters. The van der Waals surface area contributed by atoms with Crippen LogP contribution >= 0.6 is 15.9 Å². The lowest BCUT2D eigenvalue weighted by Crippen LogP contribution is -2.16. The zero-order chi connectivity index (χ0) is 14.4. The van der Waals surface area contributed by atoms with Crippen LogP contribution in [0.15, 0.2) is 53.0 Å². The Kier molecular flexibility index (Phi) is 5.12. The SMILES string of the molecule is O=C(CCNc1cccc(Br)c1)Nc1ccc(F)cc1. The molecule has 0 aliphatic heterocycles. The fraction of sp³-hybridized carbons (Fsp3) is 0.133. The first-order chi connectivity index (χ1) is 9.63. The highest BCUT2D eigenvalue weighted by molar-refractivity contribution is 9.10. The highest BCUT2D eigenvalue weighted by atomic mass is 79.9. The minimum atomic E-state index is -0.320. The van der Waals surface area contributed by atoms with Crippen LogP contribution < -0.4 is 10.6 Å². The summed E-state index contributed by atoms with van der Waals surface area (Å²) in [6.45, 7) is 0.531. The largest absolute Gasteiger partial charge is 0.384 e. The van der Waals surface area contributed by atoms with Crippen LogP contribution in [0, 0.1) is 5.82 Å². The number of carbonyl (C=O) groups excluding carboxylic acids is 1. The van der Waals surface area contributed by atoms with Gasteiger partial charge in [0, 0.05) is 28.8 Å². The molecule has 2 aromatic rings. The van der Waals surface area contributed by atoms with E-state index < -0.39 is 0 Å². The summed E-state index contributed by atoms with van der Waals surface area (Å²) < 4.78 is 13.7. The topological polar surface area (TPSA) is 41.1 Å². The van der Waals surface area contributed by atoms with Gasteiger partial charge in [0.2, 0.25) is 5.91 Å². The maximum atomic E-state index is 12.7. The van der Waals surface area contributed by atoms with Crippen molar-refractivity contribution in [2.75, 3.05) is 17.2 Å². The van der Waals surface area contributed by atoms with Gasteiger partial charge in [0.05, 0.1) is 0 Å². The lowest BCUT2D eigenvalue weighted by Gasteiger charge is -2.07. The molecule has 0 saturated carbocycles. The summed E-state index contributed by atoms with van der Waals surface area (Å²) in [5.41, 5.74) is 1.55. The zero-order valence-electron chi connectivity index (χ0n) is 10.7. The molecule has 3 nitrogen and oxygen atoms in total. The van der Waals surface area contributed by atoms with Crippen LogP contribution in [0.4, 0.5) is 15.8 Å². The van der Waals surface area contributed by atoms with Gasteiger partial charge in [-0.05, 0) is 42.5 Å². The molecule has 0 fully saturated rings. The third-order valence-electron chi connectivity index (χ3n) is 2.63. The van der Waals surface area contributed by atoms with Crippen molar-refractivity contribution in [3.63, 3.8) is 0 Å². The van der Waals surface area contributed by atoms with Crippen molar-refractivity contribution in [1.29, 1.82) is 0 Å². The van der Waals surface area contributed by atoms with Crippen molar-refractivity contribution in [2.45, 2.75) is 6.42 Å². The van der Waals surface area contributed by atoms with Gasteiger partial charge in [-0.15, -0.1) is 0 Å². The second kappa shape index (κ2) is 7.05. The van der Waals surface area contributed by atoms with Crippen LogP contribution in [0.5, 0.6) is 0 Å². The predicted octanol–water partition coefficient (Wildman–Crippen LogP) is 4.03. The van der Waals surface area contributed by atoms with Crippen LogP contribution in [-0.4, -0.2) is 12.5 Å². The van der Waals surface area contributed by atoms with Gasteiger partial charge in [-0.3, -0.25) is 4.79 Å². The fourth-order valence-corrected chi connectivity index (χ4v) is 2.07. The Morgan fingerprint density at radius 2 is 1.85 bits per heavy atom. The normalized spacial score (nSPS) is 10.1. The molecule has 0 bridgehead atoms. The third-order valence-corrected chi connectivity index (χ3v) is 3.13. The van der Waals surface area contributed by atoms with Gasteiger partial charge in [-0.2, -0.15) is 0 Å². The number of hydrogen-bond donors (Lipinski definition) is 2. The lowest BCUT2D eigenvalue weighted by atomic mass is 10.3. The number of rotatable bonds is 5. The maximum Gasteiger partial charge on any atom is 0.226 e. The zero-order valence-corrected chi connectivity index (χ0v) is 12.3. The van der Waals surface area contributed by atoms with E-state index in [0.29, 0.717) is 18.7 Å². The molecule has 0 aliphatic rings. The van der Waals surface area contributed by atoms with Crippen molar-refractivity contribution in [1.82, 2.24) is 0 Å². The van der Waals surface area contributed by atoms with Crippen LogP contribution in [0.2, 0.25) is 0 Å². The molecule has 0 saturated heterocycles. The summed E-state index contributed by atoms with van der Waals surface area (Å²) >= 11 is 3.38. The van der Waals surface area contributed by atoms with Crippen LogP contribution in [0.1, 0.15) is 6.42 Å². The average Bonchev–Trinajstić information content (AvgIpc) is 2.41. The molecule has 20 heavy (non-hydrogen) atoms. The van der Waals surface area contributed by atoms with E-state index in [4.69, 9.17) is 0 Å². The monoisotopic (exact) mass is 336 g/mol. The molecule has 0 radical (unpaired) electrons. The number of benzene rings is 2. The first kappa shape index (κ1) is 14.5. The summed E-state index contributed by atoms with van der Waals surface area (Å²) in [5, 5.41) is 5.87. The van der Waals surface area contributed by atoms with Gasteiger partial charge >= 0.3 is 0 Å². The molecule has 1 amide bonds. The van der Waals surface area contributed by atoms with Gasteiger partial charge in [-0.25, -0.2) is 4.39 Å². The molecule has 104 valence electrons.